The number of carboxylic acid groups (broad SMARTS) is 1. The maximum Gasteiger partial charge on any atom is 0.177 e. The Morgan fingerprint density at radius 2 is 1.77 bits per heavy atom. The summed E-state index contributed by atoms with van der Waals surface area (Å²) in [4.78, 5) is 21.7. The summed E-state index contributed by atoms with van der Waals surface area (Å²) in [6.07, 6.45) is 0. The summed E-state index contributed by atoms with van der Waals surface area (Å²) in [6.45, 7) is -0.204. The number of hydrogen-bond acceptors (Lipinski definition) is 4. The SMILES string of the molecule is NCC(=O)c1ccccc1C(=O)[O-]. The number of aromatic carboxylic acids is 1. The molecule has 0 aliphatic rings. The van der Waals surface area contributed by atoms with Crippen molar-refractivity contribution in [1.29, 1.82) is 0 Å². The van der Waals surface area contributed by atoms with Crippen molar-refractivity contribution < 1.29 is 14.7 Å². The van der Waals surface area contributed by atoms with Gasteiger partial charge in [0.25, 0.3) is 0 Å². The molecule has 0 fully saturated rings. The van der Waals surface area contributed by atoms with E-state index in [2.05, 4.69) is 0 Å². The van der Waals surface area contributed by atoms with Crippen LogP contribution in [-0.4, -0.2) is 18.3 Å². The zero-order chi connectivity index (χ0) is 9.84. The van der Waals surface area contributed by atoms with Crippen LogP contribution in [0.25, 0.3) is 0 Å². The normalized spacial score (nSPS) is 9.62. The van der Waals surface area contributed by atoms with Crippen LogP contribution in [-0.2, 0) is 0 Å². The molecule has 4 heteroatoms. The van der Waals surface area contributed by atoms with Crippen molar-refractivity contribution in [3.05, 3.63) is 35.4 Å². The van der Waals surface area contributed by atoms with Crippen LogP contribution in [0, 0.1) is 0 Å². The first-order chi connectivity index (χ1) is 6.16. The molecule has 1 aromatic carbocycles. The number of hydrogen-bond donors (Lipinski definition) is 1. The molecule has 0 bridgehead atoms. The molecule has 1 rings (SSSR count). The fourth-order valence-corrected chi connectivity index (χ4v) is 1.01. The number of carboxylic acids is 1. The third-order valence-corrected chi connectivity index (χ3v) is 1.63. The number of benzene rings is 1. The summed E-state index contributed by atoms with van der Waals surface area (Å²) in [5.74, 6) is -1.77. The van der Waals surface area contributed by atoms with Crippen LogP contribution in [0.15, 0.2) is 24.3 Å². The smallest absolute Gasteiger partial charge is 0.177 e. The highest BCUT2D eigenvalue weighted by molar-refractivity contribution is 6.06. The third kappa shape index (κ3) is 1.91. The largest absolute Gasteiger partial charge is 0.545 e. The highest BCUT2D eigenvalue weighted by Gasteiger charge is 2.08. The van der Waals surface area contributed by atoms with Gasteiger partial charge in [-0.15, -0.1) is 0 Å². The standard InChI is InChI=1S/C9H9NO3/c10-5-8(11)6-3-1-2-4-7(6)9(12)13/h1-4H,5,10H2,(H,12,13)/p-1. The number of carbonyl (C=O) groups excluding carboxylic acids is 2. The van der Waals surface area contributed by atoms with Crippen molar-refractivity contribution in [2.24, 2.45) is 5.73 Å². The predicted octanol–water partition coefficient (Wildman–Crippen LogP) is -0.809. The van der Waals surface area contributed by atoms with Gasteiger partial charge in [-0.25, -0.2) is 0 Å². The van der Waals surface area contributed by atoms with Crippen molar-refractivity contribution in [2.75, 3.05) is 6.54 Å². The number of nitrogens with two attached hydrogens (primary N) is 1. The van der Waals surface area contributed by atoms with E-state index in [1.165, 1.54) is 18.2 Å². The van der Waals surface area contributed by atoms with Crippen molar-refractivity contribution in [2.45, 2.75) is 0 Å². The van der Waals surface area contributed by atoms with Gasteiger partial charge in [-0.2, -0.15) is 0 Å². The van der Waals surface area contributed by atoms with Gasteiger partial charge in [0.05, 0.1) is 12.5 Å². The fraction of sp³-hybridized carbons (Fsp3) is 0.111. The van der Waals surface area contributed by atoms with E-state index in [9.17, 15) is 14.7 Å². The first kappa shape index (κ1) is 9.41. The van der Waals surface area contributed by atoms with Crippen LogP contribution < -0.4 is 10.8 Å². The molecule has 68 valence electrons. The molecule has 0 radical (unpaired) electrons. The highest BCUT2D eigenvalue weighted by atomic mass is 16.4. The average Bonchev–Trinajstić information content (AvgIpc) is 2.16. The van der Waals surface area contributed by atoms with Gasteiger partial charge in [0.15, 0.2) is 5.78 Å². The van der Waals surface area contributed by atoms with E-state index in [1.54, 1.807) is 6.07 Å². The summed E-state index contributed by atoms with van der Waals surface area (Å²) >= 11 is 0. The van der Waals surface area contributed by atoms with Crippen LogP contribution >= 0.6 is 0 Å². The molecule has 2 N–H and O–H groups in total. The Bertz CT molecular complexity index is 346. The molecule has 0 saturated carbocycles. The Balaban J connectivity index is 3.19. The molecule has 0 aliphatic carbocycles. The van der Waals surface area contributed by atoms with E-state index in [0.29, 0.717) is 0 Å². The van der Waals surface area contributed by atoms with Crippen LogP contribution in [0.4, 0.5) is 0 Å². The minimum absolute atomic E-state index is 0.102. The lowest BCUT2D eigenvalue weighted by atomic mass is 10.0. The van der Waals surface area contributed by atoms with Gasteiger partial charge in [0, 0.05) is 11.1 Å². The molecule has 1 aromatic rings. The second-order valence-electron chi connectivity index (χ2n) is 2.46. The summed E-state index contributed by atoms with van der Waals surface area (Å²) in [5, 5.41) is 10.5. The summed E-state index contributed by atoms with van der Waals surface area (Å²) in [6, 6.07) is 5.84. The second kappa shape index (κ2) is 3.82. The summed E-state index contributed by atoms with van der Waals surface area (Å²) in [5.41, 5.74) is 5.10. The van der Waals surface area contributed by atoms with Gasteiger partial charge in [0.2, 0.25) is 0 Å². The van der Waals surface area contributed by atoms with E-state index in [-0.39, 0.29) is 17.7 Å². The molecule has 0 aromatic heterocycles. The van der Waals surface area contributed by atoms with Crippen LogP contribution in [0.1, 0.15) is 20.7 Å². The first-order valence-electron chi connectivity index (χ1n) is 3.70. The van der Waals surface area contributed by atoms with E-state index in [4.69, 9.17) is 5.73 Å². The summed E-state index contributed by atoms with van der Waals surface area (Å²) in [7, 11) is 0. The molecule has 0 atom stereocenters. The molecule has 0 heterocycles. The number of rotatable bonds is 3. The van der Waals surface area contributed by atoms with Crippen molar-refractivity contribution in [3.8, 4) is 0 Å². The van der Waals surface area contributed by atoms with Gasteiger partial charge in [-0.1, -0.05) is 24.3 Å². The minimum Gasteiger partial charge on any atom is -0.545 e. The molecule has 4 nitrogen and oxygen atoms in total. The van der Waals surface area contributed by atoms with Gasteiger partial charge >= 0.3 is 0 Å². The van der Waals surface area contributed by atoms with Crippen LogP contribution in [0.3, 0.4) is 0 Å². The number of ketones is 1. The van der Waals surface area contributed by atoms with Crippen molar-refractivity contribution in [1.82, 2.24) is 0 Å². The minimum atomic E-state index is -1.36. The Morgan fingerprint density at radius 1 is 1.23 bits per heavy atom. The Hall–Kier alpha value is -1.68. The lowest BCUT2D eigenvalue weighted by molar-refractivity contribution is -0.255. The monoisotopic (exact) mass is 178 g/mol. The first-order valence-corrected chi connectivity index (χ1v) is 3.70. The van der Waals surface area contributed by atoms with E-state index < -0.39 is 11.8 Å². The molecule has 0 aliphatic heterocycles. The topological polar surface area (TPSA) is 83.2 Å². The average molecular weight is 178 g/mol. The molecule has 0 amide bonds. The van der Waals surface area contributed by atoms with Gasteiger partial charge in [0.1, 0.15) is 0 Å². The Labute approximate surface area is 75.0 Å². The van der Waals surface area contributed by atoms with E-state index in [1.807, 2.05) is 0 Å². The van der Waals surface area contributed by atoms with Crippen molar-refractivity contribution >= 4 is 11.8 Å². The molecule has 0 spiro atoms. The number of Topliss-reactive ketones (excluding diaryl/α,β-unsaturated/α-hetero) is 1. The maximum atomic E-state index is 11.1. The van der Waals surface area contributed by atoms with Crippen LogP contribution in [0.2, 0.25) is 0 Å². The lowest BCUT2D eigenvalue weighted by Crippen LogP contribution is -2.26. The van der Waals surface area contributed by atoms with Crippen molar-refractivity contribution in [3.63, 3.8) is 0 Å². The molecular weight excluding hydrogens is 170 g/mol. The quantitative estimate of drug-likeness (QED) is 0.613. The van der Waals surface area contributed by atoms with Gasteiger partial charge < -0.3 is 15.6 Å². The van der Waals surface area contributed by atoms with Gasteiger partial charge in [-0.3, -0.25) is 4.79 Å². The second-order valence-corrected chi connectivity index (χ2v) is 2.46. The summed E-state index contributed by atoms with van der Waals surface area (Å²) < 4.78 is 0. The zero-order valence-electron chi connectivity index (χ0n) is 6.82. The number of carbonyl (C=O) groups is 2. The Morgan fingerprint density at radius 3 is 2.23 bits per heavy atom. The van der Waals surface area contributed by atoms with E-state index in [0.717, 1.165) is 0 Å². The Kier molecular flexibility index (Phi) is 2.76. The molecule has 0 saturated heterocycles. The van der Waals surface area contributed by atoms with E-state index >= 15 is 0 Å². The predicted molar refractivity (Wildman–Crippen MR) is 44.2 cm³/mol. The fourth-order valence-electron chi connectivity index (χ4n) is 1.01. The maximum absolute atomic E-state index is 11.1. The van der Waals surface area contributed by atoms with Crippen LogP contribution in [0.5, 0.6) is 0 Å². The molecule has 0 unspecified atom stereocenters. The highest BCUT2D eigenvalue weighted by Crippen LogP contribution is 2.07. The zero-order valence-corrected chi connectivity index (χ0v) is 6.82. The van der Waals surface area contributed by atoms with Gasteiger partial charge in [-0.05, 0) is 0 Å². The molecule has 13 heavy (non-hydrogen) atoms. The molecular formula is C9H8NO3-. The third-order valence-electron chi connectivity index (χ3n) is 1.63. The lowest BCUT2D eigenvalue weighted by Gasteiger charge is -2.07.